The van der Waals surface area contributed by atoms with E-state index in [-0.39, 0.29) is 51.6 Å². The quantitative estimate of drug-likeness (QED) is 0.0507. The summed E-state index contributed by atoms with van der Waals surface area (Å²) < 4.78 is 19.4. The molecule has 0 spiro atoms. The number of aromatic hydroxyl groups is 1. The summed E-state index contributed by atoms with van der Waals surface area (Å²) in [6.07, 6.45) is 29.5. The highest BCUT2D eigenvalue weighted by atomic mass is 16.6. The molecule has 3 aliphatic heterocycles. The van der Waals surface area contributed by atoms with Crippen LogP contribution in [0.15, 0.2) is 12.1 Å². The average Bonchev–Trinajstić information content (AvgIpc) is 3.31. The monoisotopic (exact) mass is 1090 g/mol. The molecule has 3 aliphatic rings. The Balaban J connectivity index is 0.000000470. The van der Waals surface area contributed by atoms with Gasteiger partial charge in [-0.25, -0.2) is 0 Å². The lowest BCUT2D eigenvalue weighted by molar-refractivity contribution is -0.196. The molecule has 454 valence electrons. The first-order valence-corrected chi connectivity index (χ1v) is 32.1. The van der Waals surface area contributed by atoms with E-state index < -0.39 is 40.6 Å². The third-order valence-electron chi connectivity index (χ3n) is 19.3. The summed E-state index contributed by atoms with van der Waals surface area (Å²) in [5.74, 6) is -0.949. The van der Waals surface area contributed by atoms with Gasteiger partial charge < -0.3 is 24.6 Å². The molecule has 3 heterocycles. The van der Waals surface area contributed by atoms with Gasteiger partial charge in [-0.05, 0) is 176 Å². The summed E-state index contributed by atoms with van der Waals surface area (Å²) in [5, 5.41) is 15.7. The first-order valence-electron chi connectivity index (χ1n) is 32.1. The number of benzene rings is 1. The zero-order chi connectivity index (χ0) is 59.2. The second-order valence-electron chi connectivity index (χ2n) is 30.9. The van der Waals surface area contributed by atoms with Crippen LogP contribution in [-0.2, 0) is 41.1 Å². The largest absolute Gasteiger partial charge is 0.507 e. The number of esters is 2. The van der Waals surface area contributed by atoms with E-state index in [2.05, 4.69) is 174 Å². The number of phenolic OH excluding ortho intramolecular Hbond substituents is 1. The van der Waals surface area contributed by atoms with Crippen molar-refractivity contribution < 1.29 is 28.9 Å². The van der Waals surface area contributed by atoms with Crippen LogP contribution in [-0.4, -0.2) is 99.1 Å². The zero-order valence-electron chi connectivity index (χ0n) is 55.4. The number of hydrogen-bond donors (Lipinski definition) is 2. The summed E-state index contributed by atoms with van der Waals surface area (Å²) in [7, 11) is 4.18. The number of ether oxygens (including phenoxy) is 3. The van der Waals surface area contributed by atoms with E-state index in [0.717, 1.165) is 49.8 Å². The number of piperidine rings is 3. The Morgan fingerprint density at radius 3 is 1.33 bits per heavy atom. The molecular formula is C69H127N3O6. The van der Waals surface area contributed by atoms with Crippen molar-refractivity contribution in [1.82, 2.24) is 15.1 Å². The number of hydrogen-bond acceptors (Lipinski definition) is 9. The molecule has 9 heteroatoms. The van der Waals surface area contributed by atoms with Crippen molar-refractivity contribution in [3.63, 3.8) is 0 Å². The predicted molar refractivity (Wildman–Crippen MR) is 331 cm³/mol. The second kappa shape index (κ2) is 29.4. The molecule has 1 aromatic carbocycles. The van der Waals surface area contributed by atoms with Crippen molar-refractivity contribution in [3.8, 4) is 5.75 Å². The number of carbonyl (C=O) groups is 2. The summed E-state index contributed by atoms with van der Waals surface area (Å²) >= 11 is 0. The van der Waals surface area contributed by atoms with Crippen molar-refractivity contribution >= 4 is 11.9 Å². The standard InChI is InChI=1S/C42H72N2O5.C27H55NO/c1-18-19-22-42(34(46)48-31-20-23-38(8,9)43(16)40(31,12)13,35(47)49-32-21-24-39(10,11)44(17)41(32,14)15)27-28-25-29(36(2,3)4)26-30(33(28)45)37(5,6)7;1-6-7-8-9-10-11-12-13-14-15-16-17-18-19-20-21-22-29-25-23-26(2,3)28-27(4,5)24-25/h25-26,31-32,45H,18-24,27H2,1-17H3;25,28H,6-24H2,1-5H3. The Morgan fingerprint density at radius 2 is 0.962 bits per heavy atom. The maximum atomic E-state index is 15.1. The Kier molecular flexibility index (Phi) is 26.4. The van der Waals surface area contributed by atoms with Crippen LogP contribution in [0.4, 0.5) is 0 Å². The van der Waals surface area contributed by atoms with Crippen LogP contribution in [0.3, 0.4) is 0 Å². The Labute approximate surface area is 482 Å². The van der Waals surface area contributed by atoms with Gasteiger partial charge in [0.15, 0.2) is 5.41 Å². The fraction of sp³-hybridized carbons (Fsp3) is 0.884. The van der Waals surface area contributed by atoms with Crippen molar-refractivity contribution in [3.05, 3.63) is 28.8 Å². The van der Waals surface area contributed by atoms with Crippen LogP contribution in [0.2, 0.25) is 0 Å². The van der Waals surface area contributed by atoms with Gasteiger partial charge >= 0.3 is 11.9 Å². The Bertz CT molecular complexity index is 1900. The van der Waals surface area contributed by atoms with Crippen molar-refractivity contribution in [2.45, 2.75) is 368 Å². The van der Waals surface area contributed by atoms with Gasteiger partial charge in [-0.15, -0.1) is 0 Å². The average molecular weight is 1090 g/mol. The molecule has 0 radical (unpaired) electrons. The number of rotatable bonds is 27. The van der Waals surface area contributed by atoms with Gasteiger partial charge in [0.1, 0.15) is 18.0 Å². The van der Waals surface area contributed by atoms with E-state index in [1.54, 1.807) is 0 Å². The van der Waals surface area contributed by atoms with E-state index in [1.807, 2.05) is 6.07 Å². The second-order valence-corrected chi connectivity index (χ2v) is 30.9. The minimum Gasteiger partial charge on any atom is -0.507 e. The molecule has 78 heavy (non-hydrogen) atoms. The topological polar surface area (TPSA) is 101 Å². The molecule has 2 unspecified atom stereocenters. The molecule has 0 amide bonds. The lowest BCUT2D eigenvalue weighted by Gasteiger charge is -2.55. The van der Waals surface area contributed by atoms with E-state index in [0.29, 0.717) is 30.9 Å². The van der Waals surface area contributed by atoms with Gasteiger partial charge in [0, 0.05) is 35.2 Å². The number of carbonyl (C=O) groups excluding carboxylic acids is 2. The maximum absolute atomic E-state index is 15.1. The fourth-order valence-electron chi connectivity index (χ4n) is 13.3. The number of nitrogens with zero attached hydrogens (tertiary/aromatic N) is 2. The van der Waals surface area contributed by atoms with E-state index >= 15 is 9.59 Å². The first kappa shape index (κ1) is 70.1. The Morgan fingerprint density at radius 1 is 0.577 bits per heavy atom. The van der Waals surface area contributed by atoms with Gasteiger partial charge in [-0.3, -0.25) is 19.4 Å². The lowest BCUT2D eigenvalue weighted by atomic mass is 9.73. The molecule has 0 saturated carbocycles. The Hall–Kier alpha value is -2.20. The van der Waals surface area contributed by atoms with Crippen LogP contribution in [0.1, 0.15) is 316 Å². The van der Waals surface area contributed by atoms with Crippen LogP contribution in [0, 0.1) is 5.41 Å². The molecule has 2 atom stereocenters. The van der Waals surface area contributed by atoms with Gasteiger partial charge in [-0.2, -0.15) is 0 Å². The SMILES string of the molecule is CCCCC(Cc1cc(C(C)(C)C)cc(C(C)(C)C)c1O)(C(=O)OC1CCC(C)(C)N(C)C1(C)C)C(=O)OC1CCC(C)(C)N(C)C1(C)C.CCCCCCCCCCCCCCCCCCOC1CC(C)(C)NC(C)(C)C1. The smallest absolute Gasteiger partial charge is 0.324 e. The molecule has 0 aliphatic carbocycles. The molecule has 0 aromatic heterocycles. The summed E-state index contributed by atoms with van der Waals surface area (Å²) in [6.45, 7) is 44.6. The fourth-order valence-corrected chi connectivity index (χ4v) is 13.3. The number of phenols is 1. The van der Waals surface area contributed by atoms with Crippen LogP contribution < -0.4 is 5.32 Å². The molecule has 0 bridgehead atoms. The third-order valence-corrected chi connectivity index (χ3v) is 19.3. The summed E-state index contributed by atoms with van der Waals surface area (Å²) in [4.78, 5) is 34.7. The molecular weight excluding hydrogens is 967 g/mol. The van der Waals surface area contributed by atoms with Gasteiger partial charge in [-0.1, -0.05) is 177 Å². The molecule has 3 saturated heterocycles. The van der Waals surface area contributed by atoms with Gasteiger partial charge in [0.25, 0.3) is 0 Å². The normalized spacial score (nSPS) is 22.9. The highest BCUT2D eigenvalue weighted by Crippen LogP contribution is 2.46. The molecule has 2 N–H and O–H groups in total. The zero-order valence-corrected chi connectivity index (χ0v) is 55.4. The van der Waals surface area contributed by atoms with Crippen molar-refractivity contribution in [2.24, 2.45) is 5.41 Å². The summed E-state index contributed by atoms with van der Waals surface area (Å²) in [6, 6.07) is 4.07. The first-order chi connectivity index (χ1) is 35.9. The van der Waals surface area contributed by atoms with Gasteiger partial charge in [0.05, 0.1) is 17.2 Å². The number of nitrogens with one attached hydrogen (secondary N) is 1. The highest BCUT2D eigenvalue weighted by Gasteiger charge is 2.56. The minimum absolute atomic E-state index is 0.00641. The third kappa shape index (κ3) is 20.3. The molecule has 3 fully saturated rings. The molecule has 9 nitrogen and oxygen atoms in total. The number of likely N-dealkylation sites (tertiary alicyclic amines) is 2. The van der Waals surface area contributed by atoms with Crippen LogP contribution in [0.5, 0.6) is 5.75 Å². The van der Waals surface area contributed by atoms with E-state index in [4.69, 9.17) is 14.2 Å². The molecule has 1 aromatic rings. The van der Waals surface area contributed by atoms with Crippen molar-refractivity contribution in [1.29, 1.82) is 0 Å². The van der Waals surface area contributed by atoms with E-state index in [1.165, 1.54) is 103 Å². The lowest BCUT2D eigenvalue weighted by Crippen LogP contribution is -2.65. The van der Waals surface area contributed by atoms with E-state index in [9.17, 15) is 5.11 Å². The summed E-state index contributed by atoms with van der Waals surface area (Å²) in [5.41, 5.74) is -0.408. The highest BCUT2D eigenvalue weighted by molar-refractivity contribution is 6.00. The van der Waals surface area contributed by atoms with Crippen LogP contribution in [0.25, 0.3) is 0 Å². The predicted octanol–water partition coefficient (Wildman–Crippen LogP) is 17.7. The van der Waals surface area contributed by atoms with Crippen LogP contribution >= 0.6 is 0 Å². The number of unbranched alkanes of at least 4 members (excludes halogenated alkanes) is 16. The minimum atomic E-state index is -1.64. The van der Waals surface area contributed by atoms with Gasteiger partial charge in [0.2, 0.25) is 0 Å². The molecule has 4 rings (SSSR count). The van der Waals surface area contributed by atoms with Crippen molar-refractivity contribution in [2.75, 3.05) is 20.7 Å². The number of likely N-dealkylation sites (N-methyl/N-ethyl adjacent to an activating group) is 2. The maximum Gasteiger partial charge on any atom is 0.324 e.